The van der Waals surface area contributed by atoms with Crippen LogP contribution < -0.4 is 0 Å². The maximum absolute atomic E-state index is 13.2. The topological polar surface area (TPSA) is 68.7 Å². The molecule has 0 aliphatic carbocycles. The van der Waals surface area contributed by atoms with Gasteiger partial charge in [-0.05, 0) is 85.9 Å². The Hall–Kier alpha value is -0.646. The Kier molecular flexibility index (Phi) is 15.9. The molecule has 1 aromatic rings. The molecule has 0 spiro atoms. The normalized spacial score (nSPS) is 16.5. The SMILES string of the molecule is CC[Si](CC)(CC)O[C@](C)(CCC[C@H](C)CO[Si](C(C)C)(C(C)C)C(C)C)[C@H](O)CC(=O)/C(C)=C/c1cnc(C)s1. The van der Waals surface area contributed by atoms with E-state index < -0.39 is 28.3 Å². The lowest BCUT2D eigenvalue weighted by Gasteiger charge is -2.44. The fourth-order valence-corrected chi connectivity index (χ4v) is 16.2. The molecule has 0 aliphatic heterocycles. The molecule has 5 nitrogen and oxygen atoms in total. The van der Waals surface area contributed by atoms with Crippen molar-refractivity contribution in [2.75, 3.05) is 6.61 Å². The van der Waals surface area contributed by atoms with Gasteiger partial charge in [0.15, 0.2) is 22.4 Å². The van der Waals surface area contributed by atoms with E-state index in [0.29, 0.717) is 28.1 Å². The molecule has 3 atom stereocenters. The number of Topliss-reactive ketones (excluding diaryl/α,β-unsaturated/α-hetero) is 1. The summed E-state index contributed by atoms with van der Waals surface area (Å²) < 4.78 is 13.9. The van der Waals surface area contributed by atoms with Gasteiger partial charge in [-0.25, -0.2) is 4.98 Å². The fraction of sp³-hybridized carbons (Fsp3) is 0.818. The zero-order chi connectivity index (χ0) is 31.6. The van der Waals surface area contributed by atoms with Crippen molar-refractivity contribution in [1.82, 2.24) is 4.98 Å². The van der Waals surface area contributed by atoms with E-state index in [1.54, 1.807) is 17.5 Å². The van der Waals surface area contributed by atoms with E-state index in [0.717, 1.165) is 53.9 Å². The molecule has 1 aromatic heterocycles. The monoisotopic (exact) mass is 625 g/mol. The second-order valence-corrected chi connectivity index (χ2v) is 25.0. The van der Waals surface area contributed by atoms with Gasteiger partial charge in [-0.1, -0.05) is 75.7 Å². The molecular formula is C33H63NO4SSi2. The molecule has 8 heteroatoms. The minimum Gasteiger partial charge on any atom is -0.416 e. The quantitative estimate of drug-likeness (QED) is 0.115. The average molecular weight is 626 g/mol. The number of carbonyl (C=O) groups excluding carboxylic acids is 1. The predicted molar refractivity (Wildman–Crippen MR) is 183 cm³/mol. The lowest BCUT2D eigenvalue weighted by molar-refractivity contribution is -0.122. The average Bonchev–Trinajstić information content (AvgIpc) is 3.31. The molecule has 0 aromatic carbocycles. The van der Waals surface area contributed by atoms with E-state index in [4.69, 9.17) is 8.85 Å². The summed E-state index contributed by atoms with van der Waals surface area (Å²) in [6, 6.07) is 3.03. The standard InChI is InChI=1S/C33H63NO4SSi2/c1-14-40(15-2,16-3)38-33(13,32(36)21-31(35)28(11)20-30-22-34-29(12)39-30)19-17-18-27(10)23-37-41(24(4)5,25(6)7)26(8)9/h20,22,24-27,32,36H,14-19,21,23H2,1-13H3/b28-20+/t27-,32+,33+/m0/s1. The second-order valence-electron chi connectivity index (χ2n) is 13.5. The number of hydrogen-bond acceptors (Lipinski definition) is 6. The lowest BCUT2D eigenvalue weighted by Crippen LogP contribution is -2.52. The number of hydrogen-bond donors (Lipinski definition) is 1. The van der Waals surface area contributed by atoms with Crippen molar-refractivity contribution < 1.29 is 18.8 Å². The number of rotatable bonds is 20. The highest BCUT2D eigenvalue weighted by Crippen LogP contribution is 2.43. The van der Waals surface area contributed by atoms with E-state index in [2.05, 4.69) is 81.1 Å². The van der Waals surface area contributed by atoms with Crippen molar-refractivity contribution >= 4 is 39.8 Å². The summed E-state index contributed by atoms with van der Waals surface area (Å²) in [5, 5.41) is 12.6. The fourth-order valence-electron chi connectivity index (χ4n) is 6.71. The molecule has 0 amide bonds. The van der Waals surface area contributed by atoms with Crippen LogP contribution in [0.15, 0.2) is 11.8 Å². The molecule has 238 valence electrons. The minimum atomic E-state index is -2.02. The Labute approximate surface area is 259 Å². The van der Waals surface area contributed by atoms with Crippen LogP contribution in [0.3, 0.4) is 0 Å². The zero-order valence-electron chi connectivity index (χ0n) is 28.7. The Morgan fingerprint density at radius 3 is 2.02 bits per heavy atom. The summed E-state index contributed by atoms with van der Waals surface area (Å²) in [6.07, 6.45) is 5.58. The third kappa shape index (κ3) is 10.5. The molecule has 1 N–H and O–H groups in total. The zero-order valence-corrected chi connectivity index (χ0v) is 31.5. The molecule has 0 radical (unpaired) electrons. The summed E-state index contributed by atoms with van der Waals surface area (Å²) in [5.41, 5.74) is 1.63. The van der Waals surface area contributed by atoms with Crippen LogP contribution >= 0.6 is 11.3 Å². The Morgan fingerprint density at radius 1 is 1.05 bits per heavy atom. The van der Waals surface area contributed by atoms with Crippen LogP contribution in [0.1, 0.15) is 119 Å². The number of aryl methyl sites for hydroxylation is 1. The highest BCUT2D eigenvalue weighted by Gasteiger charge is 2.45. The van der Waals surface area contributed by atoms with Crippen molar-refractivity contribution in [3.63, 3.8) is 0 Å². The van der Waals surface area contributed by atoms with Crippen molar-refractivity contribution in [1.29, 1.82) is 0 Å². The van der Waals surface area contributed by atoms with Crippen molar-refractivity contribution in [2.45, 2.75) is 162 Å². The molecule has 1 rings (SSSR count). The molecular weight excluding hydrogens is 563 g/mol. The molecule has 0 saturated carbocycles. The van der Waals surface area contributed by atoms with E-state index in [9.17, 15) is 9.90 Å². The summed E-state index contributed by atoms with van der Waals surface area (Å²) in [7, 11) is -3.91. The van der Waals surface area contributed by atoms with Gasteiger partial charge in [-0.3, -0.25) is 4.79 Å². The Morgan fingerprint density at radius 2 is 1.59 bits per heavy atom. The number of thiazole rings is 1. The first-order valence-electron chi connectivity index (χ1n) is 16.2. The third-order valence-corrected chi connectivity index (χ3v) is 21.3. The smallest absolute Gasteiger partial charge is 0.200 e. The van der Waals surface area contributed by atoms with Crippen LogP contribution in [0, 0.1) is 12.8 Å². The number of aliphatic hydroxyl groups excluding tert-OH is 1. The lowest BCUT2D eigenvalue weighted by atomic mass is 9.87. The van der Waals surface area contributed by atoms with Gasteiger partial charge < -0.3 is 14.0 Å². The molecule has 0 saturated heterocycles. The maximum atomic E-state index is 13.2. The summed E-state index contributed by atoms with van der Waals surface area (Å²) >= 11 is 1.57. The molecule has 0 aliphatic rings. The maximum Gasteiger partial charge on any atom is 0.200 e. The Balaban J connectivity index is 3.03. The third-order valence-electron chi connectivity index (χ3n) is 9.60. The second kappa shape index (κ2) is 17.0. The van der Waals surface area contributed by atoms with Crippen LogP contribution in [0.4, 0.5) is 0 Å². The van der Waals surface area contributed by atoms with Gasteiger partial charge in [-0.15, -0.1) is 11.3 Å². The minimum absolute atomic E-state index is 0.0331. The van der Waals surface area contributed by atoms with Gasteiger partial charge in [0.25, 0.3) is 0 Å². The van der Waals surface area contributed by atoms with E-state index >= 15 is 0 Å². The van der Waals surface area contributed by atoms with Gasteiger partial charge in [0.05, 0.1) is 16.7 Å². The van der Waals surface area contributed by atoms with Gasteiger partial charge >= 0.3 is 0 Å². The van der Waals surface area contributed by atoms with Crippen LogP contribution in [-0.4, -0.2) is 50.8 Å². The molecule has 0 unspecified atom stereocenters. The summed E-state index contributed by atoms with van der Waals surface area (Å²) in [6.45, 7) is 29.6. The van der Waals surface area contributed by atoms with E-state index in [-0.39, 0.29) is 12.2 Å². The highest BCUT2D eigenvalue weighted by atomic mass is 32.1. The number of ketones is 1. The summed E-state index contributed by atoms with van der Waals surface area (Å²) in [5.74, 6) is 0.397. The summed E-state index contributed by atoms with van der Waals surface area (Å²) in [4.78, 5) is 18.5. The highest BCUT2D eigenvalue weighted by molar-refractivity contribution is 7.12. The van der Waals surface area contributed by atoms with Crippen LogP contribution in [0.2, 0.25) is 34.8 Å². The number of carbonyl (C=O) groups is 1. The molecule has 0 fully saturated rings. The number of aromatic nitrogens is 1. The largest absolute Gasteiger partial charge is 0.416 e. The van der Waals surface area contributed by atoms with Gasteiger partial charge in [0, 0.05) is 24.1 Å². The van der Waals surface area contributed by atoms with Crippen molar-refractivity contribution in [2.24, 2.45) is 5.92 Å². The number of allylic oxidation sites excluding steroid dienone is 1. The van der Waals surface area contributed by atoms with Gasteiger partial charge in [-0.2, -0.15) is 0 Å². The predicted octanol–water partition coefficient (Wildman–Crippen LogP) is 9.95. The van der Waals surface area contributed by atoms with Crippen LogP contribution in [0.25, 0.3) is 6.08 Å². The van der Waals surface area contributed by atoms with Crippen molar-refractivity contribution in [3.05, 3.63) is 21.7 Å². The van der Waals surface area contributed by atoms with E-state index in [1.807, 2.05) is 19.9 Å². The molecule has 1 heterocycles. The van der Waals surface area contributed by atoms with Gasteiger partial charge in [0.1, 0.15) is 0 Å². The van der Waals surface area contributed by atoms with Gasteiger partial charge in [0.2, 0.25) is 0 Å². The molecule has 41 heavy (non-hydrogen) atoms. The number of aliphatic hydroxyl groups is 1. The van der Waals surface area contributed by atoms with Crippen molar-refractivity contribution in [3.8, 4) is 0 Å². The van der Waals surface area contributed by atoms with E-state index in [1.165, 1.54) is 0 Å². The first kappa shape index (κ1) is 38.4. The first-order chi connectivity index (χ1) is 19.0. The molecule has 0 bridgehead atoms. The Bertz CT molecular complexity index is 927. The van der Waals surface area contributed by atoms with Crippen LogP contribution in [0.5, 0.6) is 0 Å². The first-order valence-corrected chi connectivity index (χ1v) is 21.7. The van der Waals surface area contributed by atoms with Crippen LogP contribution in [-0.2, 0) is 13.6 Å². The number of nitrogens with zero attached hydrogens (tertiary/aromatic N) is 1.